The largest absolute Gasteiger partial charge is 0.326 e. The van der Waals surface area contributed by atoms with E-state index in [1.54, 1.807) is 11.6 Å². The molecule has 2 aromatic heterocycles. The first-order valence-corrected chi connectivity index (χ1v) is 11.8. The Bertz CT molecular complexity index is 1200. The Morgan fingerprint density at radius 1 is 1.16 bits per heavy atom. The summed E-state index contributed by atoms with van der Waals surface area (Å²) in [6, 6.07) is 8.66. The Kier molecular flexibility index (Phi) is 6.97. The Morgan fingerprint density at radius 2 is 1.84 bits per heavy atom. The van der Waals surface area contributed by atoms with E-state index in [1.807, 2.05) is 13.8 Å². The van der Waals surface area contributed by atoms with Crippen LogP contribution < -0.4 is 10.0 Å². The standard InChI is InChI=1S/C19H20BrClN6O3S/c1-11(10-27-13(3)18(20)12(2)25-27)19(28)22-14-4-6-15(7-5-14)31(29,30)26-17-9-8-16(21)23-24-17/h4-9,11H,10H2,1-3H3,(H,22,28)(H,24,26). The zero-order valence-corrected chi connectivity index (χ0v) is 20.1. The number of rotatable bonds is 7. The first kappa shape index (κ1) is 23.2. The molecule has 3 aromatic rings. The Morgan fingerprint density at radius 3 is 2.39 bits per heavy atom. The third-order valence-electron chi connectivity index (χ3n) is 4.49. The van der Waals surface area contributed by atoms with Crippen molar-refractivity contribution in [3.05, 3.63) is 57.4 Å². The summed E-state index contributed by atoms with van der Waals surface area (Å²) in [5, 5.41) is 14.6. The van der Waals surface area contributed by atoms with E-state index in [0.717, 1.165) is 15.9 Å². The highest BCUT2D eigenvalue weighted by atomic mass is 79.9. The van der Waals surface area contributed by atoms with Gasteiger partial charge in [0.15, 0.2) is 11.0 Å². The summed E-state index contributed by atoms with van der Waals surface area (Å²) in [6.45, 7) is 6.04. The number of sulfonamides is 1. The molecule has 1 unspecified atom stereocenters. The van der Waals surface area contributed by atoms with Crippen LogP contribution >= 0.6 is 27.5 Å². The van der Waals surface area contributed by atoms with Crippen molar-refractivity contribution in [1.82, 2.24) is 20.0 Å². The molecule has 164 valence electrons. The SMILES string of the molecule is Cc1nn(CC(C)C(=O)Nc2ccc(S(=O)(=O)Nc3ccc(Cl)nn3)cc2)c(C)c1Br. The van der Waals surface area contributed by atoms with E-state index in [0.29, 0.717) is 12.2 Å². The van der Waals surface area contributed by atoms with Crippen molar-refractivity contribution in [3.8, 4) is 0 Å². The minimum absolute atomic E-state index is 0.0165. The Balaban J connectivity index is 1.64. The first-order chi connectivity index (χ1) is 14.6. The summed E-state index contributed by atoms with van der Waals surface area (Å²) in [5.41, 5.74) is 2.29. The second-order valence-electron chi connectivity index (χ2n) is 6.93. The van der Waals surface area contributed by atoms with Gasteiger partial charge in [0, 0.05) is 11.4 Å². The molecule has 9 nitrogen and oxygen atoms in total. The fraction of sp³-hybridized carbons (Fsp3) is 0.263. The first-order valence-electron chi connectivity index (χ1n) is 9.19. The smallest absolute Gasteiger partial charge is 0.263 e. The van der Waals surface area contributed by atoms with Crippen molar-refractivity contribution in [2.75, 3.05) is 10.0 Å². The van der Waals surface area contributed by atoms with Crippen LogP contribution in [0.25, 0.3) is 0 Å². The number of nitrogens with one attached hydrogen (secondary N) is 2. The molecule has 0 aliphatic carbocycles. The van der Waals surface area contributed by atoms with E-state index in [4.69, 9.17) is 11.6 Å². The average molecular weight is 528 g/mol. The molecule has 1 atom stereocenters. The van der Waals surface area contributed by atoms with Crippen LogP contribution in [0.1, 0.15) is 18.3 Å². The fourth-order valence-electron chi connectivity index (χ4n) is 2.75. The van der Waals surface area contributed by atoms with E-state index in [-0.39, 0.29) is 27.7 Å². The topological polar surface area (TPSA) is 119 Å². The van der Waals surface area contributed by atoms with Crippen LogP contribution in [0.4, 0.5) is 11.5 Å². The van der Waals surface area contributed by atoms with Gasteiger partial charge in [0.25, 0.3) is 10.0 Å². The number of carbonyl (C=O) groups is 1. The van der Waals surface area contributed by atoms with Gasteiger partial charge in [-0.3, -0.25) is 14.2 Å². The lowest BCUT2D eigenvalue weighted by Gasteiger charge is -2.14. The fourth-order valence-corrected chi connectivity index (χ4v) is 4.13. The molecule has 1 aromatic carbocycles. The Labute approximate surface area is 193 Å². The van der Waals surface area contributed by atoms with E-state index < -0.39 is 10.0 Å². The molecule has 3 rings (SSSR count). The van der Waals surface area contributed by atoms with Gasteiger partial charge in [-0.15, -0.1) is 10.2 Å². The van der Waals surface area contributed by atoms with Gasteiger partial charge in [-0.25, -0.2) is 8.42 Å². The Hall–Kier alpha value is -2.50. The molecule has 0 aliphatic heterocycles. The highest BCUT2D eigenvalue weighted by Gasteiger charge is 2.19. The van der Waals surface area contributed by atoms with Crippen LogP contribution in [0.5, 0.6) is 0 Å². The maximum absolute atomic E-state index is 12.5. The number of benzene rings is 1. The third-order valence-corrected chi connectivity index (χ3v) is 7.21. The number of carbonyl (C=O) groups excluding carboxylic acids is 1. The number of nitrogens with zero attached hydrogens (tertiary/aromatic N) is 4. The molecule has 0 radical (unpaired) electrons. The molecule has 0 fully saturated rings. The molecule has 31 heavy (non-hydrogen) atoms. The summed E-state index contributed by atoms with van der Waals surface area (Å²) in [4.78, 5) is 12.6. The van der Waals surface area contributed by atoms with Crippen LogP contribution in [0, 0.1) is 19.8 Å². The number of hydrogen-bond donors (Lipinski definition) is 2. The minimum Gasteiger partial charge on any atom is -0.326 e. The van der Waals surface area contributed by atoms with Crippen molar-refractivity contribution in [1.29, 1.82) is 0 Å². The average Bonchev–Trinajstić information content (AvgIpc) is 2.96. The van der Waals surface area contributed by atoms with Crippen molar-refractivity contribution in [2.24, 2.45) is 5.92 Å². The maximum atomic E-state index is 12.5. The molecule has 0 saturated carbocycles. The van der Waals surface area contributed by atoms with Crippen LogP contribution in [0.3, 0.4) is 0 Å². The van der Waals surface area contributed by atoms with Crippen LogP contribution in [0.2, 0.25) is 5.15 Å². The summed E-state index contributed by atoms with van der Waals surface area (Å²) < 4.78 is 30.0. The second-order valence-corrected chi connectivity index (χ2v) is 9.79. The zero-order chi connectivity index (χ0) is 22.8. The third kappa shape index (κ3) is 5.60. The van der Waals surface area contributed by atoms with Gasteiger partial charge < -0.3 is 5.32 Å². The highest BCUT2D eigenvalue weighted by Crippen LogP contribution is 2.21. The molecule has 2 heterocycles. The van der Waals surface area contributed by atoms with Gasteiger partial charge in [-0.05, 0) is 66.2 Å². The quantitative estimate of drug-likeness (QED) is 0.483. The monoisotopic (exact) mass is 526 g/mol. The van der Waals surface area contributed by atoms with Crippen molar-refractivity contribution in [2.45, 2.75) is 32.2 Å². The summed E-state index contributed by atoms with van der Waals surface area (Å²) in [7, 11) is -3.86. The van der Waals surface area contributed by atoms with E-state index in [2.05, 4.69) is 41.3 Å². The lowest BCUT2D eigenvalue weighted by atomic mass is 10.1. The maximum Gasteiger partial charge on any atom is 0.263 e. The molecule has 0 spiro atoms. The van der Waals surface area contributed by atoms with Gasteiger partial charge in [-0.1, -0.05) is 18.5 Å². The number of hydrogen-bond acceptors (Lipinski definition) is 6. The molecule has 1 amide bonds. The van der Waals surface area contributed by atoms with Gasteiger partial charge >= 0.3 is 0 Å². The lowest BCUT2D eigenvalue weighted by Crippen LogP contribution is -2.25. The van der Waals surface area contributed by atoms with E-state index >= 15 is 0 Å². The summed E-state index contributed by atoms with van der Waals surface area (Å²) >= 11 is 9.13. The normalized spacial score (nSPS) is 12.4. The van der Waals surface area contributed by atoms with Gasteiger partial charge in [0.05, 0.1) is 27.5 Å². The van der Waals surface area contributed by atoms with Gasteiger partial charge in [-0.2, -0.15) is 5.10 Å². The summed E-state index contributed by atoms with van der Waals surface area (Å²) in [5.74, 6) is -0.501. The lowest BCUT2D eigenvalue weighted by molar-refractivity contribution is -0.119. The molecule has 0 saturated heterocycles. The van der Waals surface area contributed by atoms with Crippen LogP contribution in [0.15, 0.2) is 45.8 Å². The molecular weight excluding hydrogens is 508 g/mol. The van der Waals surface area contributed by atoms with E-state index in [1.165, 1.54) is 36.4 Å². The molecular formula is C19H20BrClN6O3S. The number of halogens is 2. The molecule has 0 bridgehead atoms. The number of aromatic nitrogens is 4. The predicted molar refractivity (Wildman–Crippen MR) is 121 cm³/mol. The van der Waals surface area contributed by atoms with Crippen molar-refractivity contribution < 1.29 is 13.2 Å². The molecule has 12 heteroatoms. The van der Waals surface area contributed by atoms with E-state index in [9.17, 15) is 13.2 Å². The number of aryl methyl sites for hydroxylation is 1. The second kappa shape index (κ2) is 9.33. The van der Waals surface area contributed by atoms with Crippen molar-refractivity contribution >= 4 is 55.0 Å². The molecule has 0 aliphatic rings. The number of amides is 1. The van der Waals surface area contributed by atoms with Crippen molar-refractivity contribution in [3.63, 3.8) is 0 Å². The van der Waals surface area contributed by atoms with Crippen LogP contribution in [-0.2, 0) is 21.4 Å². The number of anilines is 2. The summed E-state index contributed by atoms with van der Waals surface area (Å²) in [6.07, 6.45) is 0. The highest BCUT2D eigenvalue weighted by molar-refractivity contribution is 9.10. The van der Waals surface area contributed by atoms with Gasteiger partial charge in [0.2, 0.25) is 5.91 Å². The predicted octanol–water partition coefficient (Wildman–Crippen LogP) is 3.78. The zero-order valence-electron chi connectivity index (χ0n) is 16.9. The van der Waals surface area contributed by atoms with Gasteiger partial charge in [0.1, 0.15) is 0 Å². The molecule has 2 N–H and O–H groups in total. The minimum atomic E-state index is -3.86. The van der Waals surface area contributed by atoms with Crippen LogP contribution in [-0.4, -0.2) is 34.3 Å².